The predicted octanol–water partition coefficient (Wildman–Crippen LogP) is 2.79. The molecule has 1 aromatic rings. The van der Waals surface area contributed by atoms with E-state index in [1.807, 2.05) is 13.8 Å². The van der Waals surface area contributed by atoms with Gasteiger partial charge < -0.3 is 0 Å². The monoisotopic (exact) mass is 204 g/mol. The molecule has 0 aromatic heterocycles. The lowest BCUT2D eigenvalue weighted by atomic mass is 9.82. The van der Waals surface area contributed by atoms with E-state index in [1.165, 1.54) is 12.1 Å². The average Bonchev–Trinajstić information content (AvgIpc) is 2.18. The van der Waals surface area contributed by atoms with Crippen LogP contribution in [0.4, 0.5) is 5.69 Å². The second kappa shape index (κ2) is 4.09. The Morgan fingerprint density at radius 3 is 2.33 bits per heavy atom. The summed E-state index contributed by atoms with van der Waals surface area (Å²) in [7, 11) is 0. The number of nitriles is 1. The minimum atomic E-state index is -0.429. The summed E-state index contributed by atoms with van der Waals surface area (Å²) in [4.78, 5) is 10.0. The van der Waals surface area contributed by atoms with Crippen LogP contribution in [0.15, 0.2) is 24.3 Å². The Bertz CT molecular complexity index is 402. The minimum absolute atomic E-state index is 0.0755. The Kier molecular flexibility index (Phi) is 3.05. The predicted molar refractivity (Wildman–Crippen MR) is 56.4 cm³/mol. The van der Waals surface area contributed by atoms with Gasteiger partial charge in [0.1, 0.15) is 0 Å². The Morgan fingerprint density at radius 1 is 1.40 bits per heavy atom. The molecule has 0 spiro atoms. The van der Waals surface area contributed by atoms with Crippen LogP contribution in [0.3, 0.4) is 0 Å². The molecule has 0 aliphatic carbocycles. The molecule has 0 heterocycles. The summed E-state index contributed by atoms with van der Waals surface area (Å²) < 4.78 is 0. The molecular weight excluding hydrogens is 192 g/mol. The van der Waals surface area contributed by atoms with Gasteiger partial charge in [0.25, 0.3) is 5.69 Å². The van der Waals surface area contributed by atoms with E-state index in [9.17, 15) is 10.1 Å². The quantitative estimate of drug-likeness (QED) is 0.561. The van der Waals surface area contributed by atoms with Gasteiger partial charge in [0.05, 0.1) is 11.0 Å². The number of hydrogen-bond donors (Lipinski definition) is 0. The standard InChI is InChI=1S/C11H12N2O2/c1-11(2,7-8-12)9-3-5-10(6-4-9)13(14)15/h3-6H,7H2,1-2H3. The second-order valence-electron chi connectivity index (χ2n) is 4.02. The molecule has 0 saturated heterocycles. The van der Waals surface area contributed by atoms with Gasteiger partial charge in [0.2, 0.25) is 0 Å². The number of nitrogens with zero attached hydrogens (tertiary/aromatic N) is 2. The summed E-state index contributed by atoms with van der Waals surface area (Å²) in [5.41, 5.74) is 0.755. The van der Waals surface area contributed by atoms with Gasteiger partial charge in [0, 0.05) is 24.0 Å². The van der Waals surface area contributed by atoms with Crippen LogP contribution >= 0.6 is 0 Å². The van der Waals surface area contributed by atoms with Crippen molar-refractivity contribution in [3.05, 3.63) is 39.9 Å². The van der Waals surface area contributed by atoms with Crippen LogP contribution in [0.25, 0.3) is 0 Å². The van der Waals surface area contributed by atoms with Crippen LogP contribution in [0.1, 0.15) is 25.8 Å². The van der Waals surface area contributed by atoms with Crippen LogP contribution in [0.2, 0.25) is 0 Å². The molecule has 0 unspecified atom stereocenters. The van der Waals surface area contributed by atoms with Crippen LogP contribution in [-0.4, -0.2) is 4.92 Å². The molecule has 0 aliphatic rings. The van der Waals surface area contributed by atoms with Crippen LogP contribution in [0, 0.1) is 21.4 Å². The van der Waals surface area contributed by atoms with E-state index in [4.69, 9.17) is 5.26 Å². The van der Waals surface area contributed by atoms with E-state index in [0.29, 0.717) is 6.42 Å². The normalized spacial score (nSPS) is 10.7. The fourth-order valence-corrected chi connectivity index (χ4v) is 1.33. The molecule has 0 aliphatic heterocycles. The first-order chi connectivity index (χ1) is 6.97. The second-order valence-corrected chi connectivity index (χ2v) is 4.02. The van der Waals surface area contributed by atoms with Crippen molar-refractivity contribution in [3.8, 4) is 6.07 Å². The van der Waals surface area contributed by atoms with Crippen molar-refractivity contribution < 1.29 is 4.92 Å². The van der Waals surface area contributed by atoms with Crippen LogP contribution in [0.5, 0.6) is 0 Å². The number of non-ortho nitro benzene ring substituents is 1. The van der Waals surface area contributed by atoms with E-state index in [0.717, 1.165) is 5.56 Å². The molecule has 0 bridgehead atoms. The SMILES string of the molecule is CC(C)(CC#N)c1ccc([N+](=O)[O-])cc1. The first-order valence-electron chi connectivity index (χ1n) is 4.59. The van der Waals surface area contributed by atoms with Gasteiger partial charge in [-0.3, -0.25) is 10.1 Å². The van der Waals surface area contributed by atoms with Gasteiger partial charge in [-0.1, -0.05) is 26.0 Å². The molecule has 78 valence electrons. The maximum atomic E-state index is 10.4. The largest absolute Gasteiger partial charge is 0.269 e. The number of nitro benzene ring substituents is 1. The molecule has 4 heteroatoms. The summed E-state index contributed by atoms with van der Waals surface area (Å²) in [6.07, 6.45) is 0.394. The molecule has 0 radical (unpaired) electrons. The third kappa shape index (κ3) is 2.53. The van der Waals surface area contributed by atoms with Crippen molar-refractivity contribution in [2.45, 2.75) is 25.7 Å². The number of rotatable bonds is 3. The third-order valence-electron chi connectivity index (χ3n) is 2.38. The first kappa shape index (κ1) is 11.2. The van der Waals surface area contributed by atoms with Crippen molar-refractivity contribution in [2.75, 3.05) is 0 Å². The van der Waals surface area contributed by atoms with E-state index in [2.05, 4.69) is 6.07 Å². The Hall–Kier alpha value is -1.89. The lowest BCUT2D eigenvalue weighted by Gasteiger charge is -2.21. The maximum Gasteiger partial charge on any atom is 0.269 e. The summed E-state index contributed by atoms with van der Waals surface area (Å²) >= 11 is 0. The Balaban J connectivity index is 2.99. The van der Waals surface area contributed by atoms with Gasteiger partial charge in [-0.2, -0.15) is 5.26 Å². The molecule has 1 aromatic carbocycles. The lowest BCUT2D eigenvalue weighted by molar-refractivity contribution is -0.384. The van der Waals surface area contributed by atoms with Crippen LogP contribution < -0.4 is 0 Å². The third-order valence-corrected chi connectivity index (χ3v) is 2.38. The minimum Gasteiger partial charge on any atom is -0.258 e. The summed E-state index contributed by atoms with van der Waals surface area (Å²) in [6.45, 7) is 3.88. The van der Waals surface area contributed by atoms with Gasteiger partial charge in [-0.25, -0.2) is 0 Å². The van der Waals surface area contributed by atoms with Crippen molar-refractivity contribution in [1.29, 1.82) is 5.26 Å². The first-order valence-corrected chi connectivity index (χ1v) is 4.59. The van der Waals surface area contributed by atoms with Crippen molar-refractivity contribution >= 4 is 5.69 Å². The molecular formula is C11H12N2O2. The molecule has 4 nitrogen and oxygen atoms in total. The van der Waals surface area contributed by atoms with Gasteiger partial charge >= 0.3 is 0 Å². The van der Waals surface area contributed by atoms with E-state index < -0.39 is 4.92 Å². The van der Waals surface area contributed by atoms with Crippen molar-refractivity contribution in [1.82, 2.24) is 0 Å². The molecule has 0 saturated carbocycles. The summed E-state index contributed by atoms with van der Waals surface area (Å²) in [6, 6.07) is 8.45. The van der Waals surface area contributed by atoms with E-state index >= 15 is 0 Å². The maximum absolute atomic E-state index is 10.4. The highest BCUT2D eigenvalue weighted by atomic mass is 16.6. The molecule has 1 rings (SSSR count). The smallest absolute Gasteiger partial charge is 0.258 e. The number of nitro groups is 1. The highest BCUT2D eigenvalue weighted by molar-refractivity contribution is 5.36. The fourth-order valence-electron chi connectivity index (χ4n) is 1.33. The summed E-state index contributed by atoms with van der Waals surface area (Å²) in [5, 5.41) is 19.1. The molecule has 0 amide bonds. The topological polar surface area (TPSA) is 66.9 Å². The van der Waals surface area contributed by atoms with Crippen molar-refractivity contribution in [2.24, 2.45) is 0 Å². The molecule has 15 heavy (non-hydrogen) atoms. The van der Waals surface area contributed by atoms with Gasteiger partial charge in [-0.05, 0) is 5.56 Å². The zero-order chi connectivity index (χ0) is 11.5. The Labute approximate surface area is 88.3 Å². The van der Waals surface area contributed by atoms with Gasteiger partial charge in [0.15, 0.2) is 0 Å². The van der Waals surface area contributed by atoms with Crippen molar-refractivity contribution in [3.63, 3.8) is 0 Å². The highest BCUT2D eigenvalue weighted by Crippen LogP contribution is 2.27. The molecule has 0 atom stereocenters. The van der Waals surface area contributed by atoms with Gasteiger partial charge in [-0.15, -0.1) is 0 Å². The molecule has 0 N–H and O–H groups in total. The Morgan fingerprint density at radius 2 is 1.93 bits per heavy atom. The number of hydrogen-bond acceptors (Lipinski definition) is 3. The molecule has 0 fully saturated rings. The number of benzene rings is 1. The average molecular weight is 204 g/mol. The zero-order valence-corrected chi connectivity index (χ0v) is 8.73. The van der Waals surface area contributed by atoms with Crippen LogP contribution in [-0.2, 0) is 5.41 Å². The van der Waals surface area contributed by atoms with E-state index in [1.54, 1.807) is 12.1 Å². The highest BCUT2D eigenvalue weighted by Gasteiger charge is 2.20. The van der Waals surface area contributed by atoms with E-state index in [-0.39, 0.29) is 11.1 Å². The lowest BCUT2D eigenvalue weighted by Crippen LogP contribution is -2.15. The fraction of sp³-hybridized carbons (Fsp3) is 0.364. The zero-order valence-electron chi connectivity index (χ0n) is 8.73. The summed E-state index contributed by atoms with van der Waals surface area (Å²) in [5.74, 6) is 0.